The zero-order valence-corrected chi connectivity index (χ0v) is 10.3. The van der Waals surface area contributed by atoms with Crippen LogP contribution in [0, 0.1) is 13.8 Å². The van der Waals surface area contributed by atoms with E-state index in [0.29, 0.717) is 11.3 Å². The van der Waals surface area contributed by atoms with Crippen molar-refractivity contribution < 1.29 is 8.42 Å². The number of anilines is 1. The summed E-state index contributed by atoms with van der Waals surface area (Å²) in [5.74, 6) is 0. The van der Waals surface area contributed by atoms with Crippen molar-refractivity contribution in [3.05, 3.63) is 35.9 Å². The molecular weight excluding hydrogens is 224 g/mol. The van der Waals surface area contributed by atoms with Crippen molar-refractivity contribution in [2.75, 3.05) is 12.3 Å². The fourth-order valence-electron chi connectivity index (χ4n) is 1.40. The molecular formula is C11H16N2O2S. The van der Waals surface area contributed by atoms with Gasteiger partial charge in [-0.1, -0.05) is 18.2 Å². The zero-order chi connectivity index (χ0) is 12.3. The van der Waals surface area contributed by atoms with Crippen LogP contribution >= 0.6 is 0 Å². The van der Waals surface area contributed by atoms with Gasteiger partial charge in [0.2, 0.25) is 10.0 Å². The van der Waals surface area contributed by atoms with Crippen LogP contribution < -0.4 is 10.5 Å². The number of aryl methyl sites for hydroxylation is 2. The maximum atomic E-state index is 11.9. The summed E-state index contributed by atoms with van der Waals surface area (Å²) in [6, 6.07) is 3.55. The van der Waals surface area contributed by atoms with Gasteiger partial charge < -0.3 is 5.73 Å². The van der Waals surface area contributed by atoms with Crippen LogP contribution in [-0.4, -0.2) is 15.0 Å². The molecule has 0 heterocycles. The first kappa shape index (κ1) is 12.7. The lowest BCUT2D eigenvalue weighted by Gasteiger charge is -2.12. The number of hydrogen-bond acceptors (Lipinski definition) is 3. The van der Waals surface area contributed by atoms with Crippen LogP contribution in [0.25, 0.3) is 0 Å². The summed E-state index contributed by atoms with van der Waals surface area (Å²) in [4.78, 5) is 0.161. The van der Waals surface area contributed by atoms with Gasteiger partial charge in [-0.05, 0) is 25.0 Å². The molecule has 0 unspecified atom stereocenters. The number of hydrogen-bond donors (Lipinski definition) is 2. The molecule has 0 aliphatic rings. The van der Waals surface area contributed by atoms with Gasteiger partial charge in [-0.15, -0.1) is 6.58 Å². The minimum atomic E-state index is -3.55. The van der Waals surface area contributed by atoms with Gasteiger partial charge in [0.1, 0.15) is 4.90 Å². The Hall–Kier alpha value is -1.33. The highest BCUT2D eigenvalue weighted by molar-refractivity contribution is 7.89. The molecule has 88 valence electrons. The first-order chi connectivity index (χ1) is 7.40. The molecule has 4 nitrogen and oxygen atoms in total. The zero-order valence-electron chi connectivity index (χ0n) is 9.45. The van der Waals surface area contributed by atoms with E-state index in [1.54, 1.807) is 26.0 Å². The Bertz CT molecular complexity index is 507. The SMILES string of the molecule is C=CCNS(=O)(=O)c1c(C)ccc(C)c1N. The molecule has 0 spiro atoms. The Morgan fingerprint density at radius 1 is 1.38 bits per heavy atom. The molecule has 1 aromatic carbocycles. The standard InChI is InChI=1S/C11H16N2O2S/c1-4-7-13-16(14,15)11-9(3)6-5-8(2)10(11)12/h4-6,13H,1,7,12H2,2-3H3. The number of nitrogens with one attached hydrogen (secondary N) is 1. The van der Waals surface area contributed by atoms with Gasteiger partial charge in [0.25, 0.3) is 0 Å². The van der Waals surface area contributed by atoms with Crippen molar-refractivity contribution in [2.45, 2.75) is 18.7 Å². The van der Waals surface area contributed by atoms with Crippen molar-refractivity contribution in [2.24, 2.45) is 0 Å². The third-order valence-corrected chi connectivity index (χ3v) is 3.92. The van der Waals surface area contributed by atoms with E-state index in [-0.39, 0.29) is 11.4 Å². The average molecular weight is 240 g/mol. The third-order valence-electron chi connectivity index (χ3n) is 2.30. The van der Waals surface area contributed by atoms with E-state index in [9.17, 15) is 8.42 Å². The molecule has 0 fully saturated rings. The highest BCUT2D eigenvalue weighted by Gasteiger charge is 2.20. The lowest BCUT2D eigenvalue weighted by atomic mass is 10.1. The molecule has 0 atom stereocenters. The number of rotatable bonds is 4. The second-order valence-corrected chi connectivity index (χ2v) is 5.29. The van der Waals surface area contributed by atoms with Crippen LogP contribution in [0.2, 0.25) is 0 Å². The van der Waals surface area contributed by atoms with Crippen molar-refractivity contribution >= 4 is 15.7 Å². The lowest BCUT2D eigenvalue weighted by molar-refractivity contribution is 0.585. The van der Waals surface area contributed by atoms with Crippen LogP contribution in [0.15, 0.2) is 29.7 Å². The van der Waals surface area contributed by atoms with Gasteiger partial charge in [-0.2, -0.15) is 0 Å². The fraction of sp³-hybridized carbons (Fsp3) is 0.273. The van der Waals surface area contributed by atoms with E-state index >= 15 is 0 Å². The van der Waals surface area contributed by atoms with E-state index in [2.05, 4.69) is 11.3 Å². The van der Waals surface area contributed by atoms with Gasteiger partial charge in [0.05, 0.1) is 5.69 Å². The van der Waals surface area contributed by atoms with E-state index in [1.807, 2.05) is 0 Å². The third kappa shape index (κ3) is 2.43. The Morgan fingerprint density at radius 2 is 1.94 bits per heavy atom. The first-order valence-corrected chi connectivity index (χ1v) is 6.34. The summed E-state index contributed by atoms with van der Waals surface area (Å²) in [6.07, 6.45) is 1.48. The summed E-state index contributed by atoms with van der Waals surface area (Å²) in [5.41, 5.74) is 7.49. The smallest absolute Gasteiger partial charge is 0.243 e. The molecule has 5 heteroatoms. The maximum Gasteiger partial charge on any atom is 0.243 e. The van der Waals surface area contributed by atoms with Crippen molar-refractivity contribution in [1.29, 1.82) is 0 Å². The van der Waals surface area contributed by atoms with Crippen LogP contribution in [-0.2, 0) is 10.0 Å². The lowest BCUT2D eigenvalue weighted by Crippen LogP contribution is -2.25. The average Bonchev–Trinajstić information content (AvgIpc) is 2.21. The second-order valence-electron chi connectivity index (χ2n) is 3.58. The molecule has 0 radical (unpaired) electrons. The Labute approximate surface area is 96.2 Å². The van der Waals surface area contributed by atoms with Gasteiger partial charge in [-0.25, -0.2) is 13.1 Å². The molecule has 1 rings (SSSR count). The number of nitrogens with two attached hydrogens (primary N) is 1. The Balaban J connectivity index is 3.32. The summed E-state index contributed by atoms with van der Waals surface area (Å²) in [7, 11) is -3.55. The molecule has 16 heavy (non-hydrogen) atoms. The summed E-state index contributed by atoms with van der Waals surface area (Å²) in [6.45, 7) is 7.15. The molecule has 0 amide bonds. The monoisotopic (exact) mass is 240 g/mol. The number of nitrogen functional groups attached to an aromatic ring is 1. The summed E-state index contributed by atoms with van der Waals surface area (Å²) >= 11 is 0. The van der Waals surface area contributed by atoms with E-state index in [4.69, 9.17) is 5.73 Å². The second kappa shape index (κ2) is 4.67. The van der Waals surface area contributed by atoms with Gasteiger partial charge in [-0.3, -0.25) is 0 Å². The largest absolute Gasteiger partial charge is 0.397 e. The molecule has 0 aliphatic heterocycles. The Morgan fingerprint density at radius 3 is 2.50 bits per heavy atom. The fourth-order valence-corrected chi connectivity index (χ4v) is 2.83. The topological polar surface area (TPSA) is 72.2 Å². The maximum absolute atomic E-state index is 11.9. The van der Waals surface area contributed by atoms with Crippen LogP contribution in [0.4, 0.5) is 5.69 Å². The van der Waals surface area contributed by atoms with Gasteiger partial charge >= 0.3 is 0 Å². The molecule has 0 aromatic heterocycles. The number of benzene rings is 1. The van der Waals surface area contributed by atoms with Crippen molar-refractivity contribution in [3.8, 4) is 0 Å². The highest BCUT2D eigenvalue weighted by atomic mass is 32.2. The van der Waals surface area contributed by atoms with E-state index in [1.165, 1.54) is 6.08 Å². The first-order valence-electron chi connectivity index (χ1n) is 4.86. The Kier molecular flexibility index (Phi) is 3.72. The quantitative estimate of drug-likeness (QED) is 0.616. The summed E-state index contributed by atoms with van der Waals surface area (Å²) < 4.78 is 26.3. The van der Waals surface area contributed by atoms with Crippen LogP contribution in [0.1, 0.15) is 11.1 Å². The molecule has 0 saturated heterocycles. The molecule has 0 saturated carbocycles. The minimum absolute atomic E-state index is 0.161. The normalized spacial score (nSPS) is 11.4. The number of sulfonamides is 1. The molecule has 0 bridgehead atoms. The van der Waals surface area contributed by atoms with Crippen LogP contribution in [0.3, 0.4) is 0 Å². The molecule has 3 N–H and O–H groups in total. The molecule has 1 aromatic rings. The van der Waals surface area contributed by atoms with Crippen molar-refractivity contribution in [3.63, 3.8) is 0 Å². The predicted molar refractivity (Wildman–Crippen MR) is 65.7 cm³/mol. The minimum Gasteiger partial charge on any atom is -0.397 e. The summed E-state index contributed by atoms with van der Waals surface area (Å²) in [5, 5.41) is 0. The van der Waals surface area contributed by atoms with Crippen molar-refractivity contribution in [1.82, 2.24) is 4.72 Å². The highest BCUT2D eigenvalue weighted by Crippen LogP contribution is 2.25. The van der Waals surface area contributed by atoms with Gasteiger partial charge in [0, 0.05) is 6.54 Å². The van der Waals surface area contributed by atoms with E-state index in [0.717, 1.165) is 5.56 Å². The predicted octanol–water partition coefficient (Wildman–Crippen LogP) is 1.35. The van der Waals surface area contributed by atoms with E-state index < -0.39 is 10.0 Å². The molecule has 0 aliphatic carbocycles. The van der Waals surface area contributed by atoms with Gasteiger partial charge in [0.15, 0.2) is 0 Å². The van der Waals surface area contributed by atoms with Crippen LogP contribution in [0.5, 0.6) is 0 Å².